The zero-order valence-electron chi connectivity index (χ0n) is 11.2. The van der Waals surface area contributed by atoms with Crippen LogP contribution in [0.4, 0.5) is 11.4 Å². The predicted octanol–water partition coefficient (Wildman–Crippen LogP) is 3.57. The molecular weight excluding hydrogens is 296 g/mol. The first-order valence-electron chi connectivity index (χ1n) is 6.05. The monoisotopic (exact) mass is 308 g/mol. The van der Waals surface area contributed by atoms with Crippen LogP contribution in [-0.4, -0.2) is 17.1 Å². The van der Waals surface area contributed by atoms with E-state index in [-0.39, 0.29) is 18.0 Å². The number of nitro groups is 1. The number of ether oxygens (including phenoxy) is 1. The van der Waals surface area contributed by atoms with Gasteiger partial charge in [-0.05, 0) is 24.3 Å². The second-order valence-electron chi connectivity index (χ2n) is 4.27. The summed E-state index contributed by atoms with van der Waals surface area (Å²) < 4.78 is 5.15. The standard InChI is InChI=1S/C14H13ClN2O4/c1-21-14-5-3-11(17(19)20)7-12(14)16-8-9-6-10(15)2-4-13(9)18/h2-7,16,18H,8H2,1H3. The normalized spacial score (nSPS) is 10.2. The van der Waals surface area contributed by atoms with Gasteiger partial charge in [-0.1, -0.05) is 11.6 Å². The van der Waals surface area contributed by atoms with Gasteiger partial charge in [0.05, 0.1) is 17.7 Å². The minimum atomic E-state index is -0.485. The molecule has 2 N–H and O–H groups in total. The second-order valence-corrected chi connectivity index (χ2v) is 4.70. The van der Waals surface area contributed by atoms with E-state index >= 15 is 0 Å². The van der Waals surface area contributed by atoms with Gasteiger partial charge in [-0.2, -0.15) is 0 Å². The Hall–Kier alpha value is -2.47. The minimum absolute atomic E-state index is 0.0476. The maximum atomic E-state index is 10.8. The van der Waals surface area contributed by atoms with Gasteiger partial charge < -0.3 is 15.2 Å². The minimum Gasteiger partial charge on any atom is -0.508 e. The number of hydrogen-bond donors (Lipinski definition) is 2. The molecule has 0 aliphatic heterocycles. The third kappa shape index (κ3) is 3.55. The van der Waals surface area contributed by atoms with Crippen molar-refractivity contribution in [3.05, 3.63) is 57.1 Å². The Morgan fingerprint density at radius 1 is 1.33 bits per heavy atom. The summed E-state index contributed by atoms with van der Waals surface area (Å²) in [5.41, 5.74) is 0.996. The van der Waals surface area contributed by atoms with Crippen molar-refractivity contribution >= 4 is 23.0 Å². The maximum absolute atomic E-state index is 10.8. The van der Waals surface area contributed by atoms with Gasteiger partial charge in [-0.15, -0.1) is 0 Å². The molecule has 7 heteroatoms. The van der Waals surface area contributed by atoms with Crippen LogP contribution >= 0.6 is 11.6 Å². The van der Waals surface area contributed by atoms with E-state index < -0.39 is 4.92 Å². The van der Waals surface area contributed by atoms with Crippen LogP contribution in [-0.2, 0) is 6.54 Å². The van der Waals surface area contributed by atoms with Gasteiger partial charge >= 0.3 is 0 Å². The molecule has 0 aromatic heterocycles. The number of halogens is 1. The van der Waals surface area contributed by atoms with E-state index in [2.05, 4.69) is 5.32 Å². The predicted molar refractivity (Wildman–Crippen MR) is 80.1 cm³/mol. The van der Waals surface area contributed by atoms with Gasteiger partial charge in [0.2, 0.25) is 0 Å². The summed E-state index contributed by atoms with van der Waals surface area (Å²) in [4.78, 5) is 10.3. The Morgan fingerprint density at radius 2 is 2.10 bits per heavy atom. The Labute approximate surface area is 126 Å². The van der Waals surface area contributed by atoms with Crippen LogP contribution < -0.4 is 10.1 Å². The number of nitrogens with one attached hydrogen (secondary N) is 1. The summed E-state index contributed by atoms with van der Waals surface area (Å²) in [5.74, 6) is 0.568. The highest BCUT2D eigenvalue weighted by Crippen LogP contribution is 2.30. The van der Waals surface area contributed by atoms with E-state index in [4.69, 9.17) is 16.3 Å². The Morgan fingerprint density at radius 3 is 2.76 bits per heavy atom. The molecular formula is C14H13ClN2O4. The molecule has 0 amide bonds. The van der Waals surface area contributed by atoms with E-state index in [9.17, 15) is 15.2 Å². The lowest BCUT2D eigenvalue weighted by molar-refractivity contribution is -0.384. The zero-order chi connectivity index (χ0) is 15.4. The highest BCUT2D eigenvalue weighted by Gasteiger charge is 2.12. The van der Waals surface area contributed by atoms with Crippen LogP contribution in [0.3, 0.4) is 0 Å². The molecule has 0 saturated carbocycles. The van der Waals surface area contributed by atoms with Gasteiger partial charge in [0.25, 0.3) is 5.69 Å². The maximum Gasteiger partial charge on any atom is 0.271 e. The van der Waals surface area contributed by atoms with E-state index in [0.717, 1.165) is 0 Å². The number of rotatable bonds is 5. The molecule has 0 radical (unpaired) electrons. The number of nitro benzene ring substituents is 1. The summed E-state index contributed by atoms with van der Waals surface area (Å²) >= 11 is 5.87. The number of aromatic hydroxyl groups is 1. The highest BCUT2D eigenvalue weighted by molar-refractivity contribution is 6.30. The summed E-state index contributed by atoms with van der Waals surface area (Å²) in [6, 6.07) is 8.94. The average molecular weight is 309 g/mol. The number of hydrogen-bond acceptors (Lipinski definition) is 5. The third-order valence-electron chi connectivity index (χ3n) is 2.90. The molecule has 0 bridgehead atoms. The van der Waals surface area contributed by atoms with Gasteiger partial charge in [-0.25, -0.2) is 0 Å². The molecule has 21 heavy (non-hydrogen) atoms. The first-order chi connectivity index (χ1) is 10.0. The molecule has 0 saturated heterocycles. The summed E-state index contributed by atoms with van der Waals surface area (Å²) in [6.07, 6.45) is 0. The van der Waals surface area contributed by atoms with E-state index in [1.54, 1.807) is 12.1 Å². The van der Waals surface area contributed by atoms with Crippen LogP contribution in [0, 0.1) is 10.1 Å². The lowest BCUT2D eigenvalue weighted by atomic mass is 10.2. The fraction of sp³-hybridized carbons (Fsp3) is 0.143. The molecule has 0 fully saturated rings. The van der Waals surface area contributed by atoms with Crippen molar-refractivity contribution in [1.29, 1.82) is 0 Å². The first-order valence-corrected chi connectivity index (χ1v) is 6.42. The van der Waals surface area contributed by atoms with Crippen LogP contribution in [0.2, 0.25) is 5.02 Å². The molecule has 6 nitrogen and oxygen atoms in total. The van der Waals surface area contributed by atoms with Gasteiger partial charge in [0, 0.05) is 29.3 Å². The smallest absolute Gasteiger partial charge is 0.271 e. The summed E-state index contributed by atoms with van der Waals surface area (Å²) in [7, 11) is 1.48. The van der Waals surface area contributed by atoms with Crippen LogP contribution in [0.1, 0.15) is 5.56 Å². The first kappa shape index (κ1) is 14.9. The second kappa shape index (κ2) is 6.32. The molecule has 0 unspecified atom stereocenters. The molecule has 2 aromatic carbocycles. The van der Waals surface area contributed by atoms with Crippen molar-refractivity contribution in [2.45, 2.75) is 6.54 Å². The van der Waals surface area contributed by atoms with Crippen LogP contribution in [0.25, 0.3) is 0 Å². The van der Waals surface area contributed by atoms with Crippen LogP contribution in [0.15, 0.2) is 36.4 Å². The Kier molecular flexibility index (Phi) is 4.49. The molecule has 2 rings (SSSR count). The number of methoxy groups -OCH3 is 1. The van der Waals surface area contributed by atoms with Crippen molar-refractivity contribution in [2.24, 2.45) is 0 Å². The lowest BCUT2D eigenvalue weighted by Gasteiger charge is -2.12. The molecule has 0 spiro atoms. The third-order valence-corrected chi connectivity index (χ3v) is 3.14. The van der Waals surface area contributed by atoms with Crippen molar-refractivity contribution in [3.63, 3.8) is 0 Å². The Balaban J connectivity index is 2.24. The summed E-state index contributed by atoms with van der Waals surface area (Å²) in [6.45, 7) is 0.254. The van der Waals surface area contributed by atoms with E-state index in [0.29, 0.717) is 22.0 Å². The lowest BCUT2D eigenvalue weighted by Crippen LogP contribution is -2.02. The van der Waals surface area contributed by atoms with E-state index in [1.165, 1.54) is 31.4 Å². The highest BCUT2D eigenvalue weighted by atomic mass is 35.5. The topological polar surface area (TPSA) is 84.6 Å². The number of nitrogens with zero attached hydrogens (tertiary/aromatic N) is 1. The summed E-state index contributed by atoms with van der Waals surface area (Å²) in [5, 5.41) is 24.0. The number of non-ortho nitro benzene ring substituents is 1. The molecule has 110 valence electrons. The van der Waals surface area contributed by atoms with Crippen molar-refractivity contribution in [3.8, 4) is 11.5 Å². The van der Waals surface area contributed by atoms with Crippen molar-refractivity contribution in [1.82, 2.24) is 0 Å². The average Bonchev–Trinajstić information content (AvgIpc) is 2.47. The zero-order valence-corrected chi connectivity index (χ0v) is 11.9. The number of phenols is 1. The number of anilines is 1. The number of phenolic OH excluding ortho intramolecular Hbond substituents is 1. The van der Waals surface area contributed by atoms with Crippen LogP contribution in [0.5, 0.6) is 11.5 Å². The van der Waals surface area contributed by atoms with E-state index in [1.807, 2.05) is 0 Å². The van der Waals surface area contributed by atoms with Crippen molar-refractivity contribution in [2.75, 3.05) is 12.4 Å². The number of benzene rings is 2. The molecule has 0 atom stereocenters. The largest absolute Gasteiger partial charge is 0.508 e. The molecule has 0 heterocycles. The fourth-order valence-corrected chi connectivity index (χ4v) is 2.03. The quantitative estimate of drug-likeness (QED) is 0.651. The van der Waals surface area contributed by atoms with Gasteiger partial charge in [0.1, 0.15) is 11.5 Å². The van der Waals surface area contributed by atoms with Crippen molar-refractivity contribution < 1.29 is 14.8 Å². The van der Waals surface area contributed by atoms with Gasteiger partial charge in [0.15, 0.2) is 0 Å². The molecule has 0 aliphatic carbocycles. The molecule has 0 aliphatic rings. The molecule has 2 aromatic rings. The Bertz CT molecular complexity index is 676. The van der Waals surface area contributed by atoms with Gasteiger partial charge in [-0.3, -0.25) is 10.1 Å². The SMILES string of the molecule is COc1ccc([N+](=O)[O-])cc1NCc1cc(Cl)ccc1O. The fourth-order valence-electron chi connectivity index (χ4n) is 1.83.